The summed E-state index contributed by atoms with van der Waals surface area (Å²) in [6.07, 6.45) is 2.80. The van der Waals surface area contributed by atoms with Crippen molar-refractivity contribution in [1.29, 1.82) is 0 Å². The molecule has 2 heteroatoms. The lowest BCUT2D eigenvalue weighted by molar-refractivity contribution is 0.776. The molecule has 0 unspecified atom stereocenters. The smallest absolute Gasteiger partial charge is 0.0678 e. The van der Waals surface area contributed by atoms with Gasteiger partial charge in [-0.25, -0.2) is 0 Å². The van der Waals surface area contributed by atoms with Gasteiger partial charge in [-0.2, -0.15) is 5.10 Å². The minimum atomic E-state index is 0.991. The van der Waals surface area contributed by atoms with Crippen LogP contribution in [0.4, 0.5) is 0 Å². The number of allylic oxidation sites excluding steroid dienone is 1. The Morgan fingerprint density at radius 2 is 1.94 bits per heavy atom. The summed E-state index contributed by atoms with van der Waals surface area (Å²) in [6.45, 7) is 6.16. The van der Waals surface area contributed by atoms with E-state index in [-0.39, 0.29) is 0 Å². The molecule has 0 spiro atoms. The predicted octanol–water partition coefficient (Wildman–Crippen LogP) is 3.51. The van der Waals surface area contributed by atoms with Crippen molar-refractivity contribution in [3.05, 3.63) is 48.7 Å². The van der Waals surface area contributed by atoms with Gasteiger partial charge >= 0.3 is 0 Å². The average molecular weight is 212 g/mol. The van der Waals surface area contributed by atoms with E-state index >= 15 is 0 Å². The summed E-state index contributed by atoms with van der Waals surface area (Å²) in [5.74, 6) is 0. The van der Waals surface area contributed by atoms with Gasteiger partial charge in [-0.15, -0.1) is 0 Å². The maximum Gasteiger partial charge on any atom is 0.0678 e. The van der Waals surface area contributed by atoms with Gasteiger partial charge < -0.3 is 0 Å². The van der Waals surface area contributed by atoms with Crippen molar-refractivity contribution >= 4 is 5.57 Å². The number of nitrogens with zero attached hydrogens (tertiary/aromatic N) is 2. The summed E-state index contributed by atoms with van der Waals surface area (Å²) in [5, 5.41) is 4.17. The van der Waals surface area contributed by atoms with Gasteiger partial charge in [0.25, 0.3) is 0 Å². The third-order valence-corrected chi connectivity index (χ3v) is 2.84. The van der Waals surface area contributed by atoms with Crippen LogP contribution < -0.4 is 0 Å². The van der Waals surface area contributed by atoms with E-state index in [1.54, 1.807) is 0 Å². The van der Waals surface area contributed by atoms with Crippen molar-refractivity contribution in [2.24, 2.45) is 7.05 Å². The summed E-state index contributed by atoms with van der Waals surface area (Å²) in [6, 6.07) is 10.5. The maximum absolute atomic E-state index is 4.17. The monoisotopic (exact) mass is 212 g/mol. The second-order valence-corrected chi connectivity index (χ2v) is 3.87. The van der Waals surface area contributed by atoms with E-state index in [1.807, 2.05) is 24.0 Å². The molecule has 0 fully saturated rings. The number of hydrogen-bond acceptors (Lipinski definition) is 1. The van der Waals surface area contributed by atoms with Gasteiger partial charge in [-0.3, -0.25) is 4.68 Å². The fourth-order valence-corrected chi connectivity index (χ4v) is 1.74. The number of benzene rings is 1. The van der Waals surface area contributed by atoms with Gasteiger partial charge in [0.1, 0.15) is 0 Å². The second-order valence-electron chi connectivity index (χ2n) is 3.87. The summed E-state index contributed by atoms with van der Waals surface area (Å²) in [4.78, 5) is 0. The highest BCUT2D eigenvalue weighted by Crippen LogP contribution is 2.22. The molecule has 0 aliphatic carbocycles. The summed E-state index contributed by atoms with van der Waals surface area (Å²) >= 11 is 0. The van der Waals surface area contributed by atoms with Gasteiger partial charge in [0.2, 0.25) is 0 Å². The SMILES string of the molecule is C=C(CC)c1ccc(-c2ccnn2C)cc1. The van der Waals surface area contributed by atoms with Crippen molar-refractivity contribution in [2.45, 2.75) is 13.3 Å². The Kier molecular flexibility index (Phi) is 2.91. The molecule has 0 saturated heterocycles. The molecule has 0 radical (unpaired) electrons. The molecule has 0 aliphatic heterocycles. The molecule has 1 aromatic heterocycles. The Labute approximate surface area is 96.2 Å². The first kappa shape index (κ1) is 10.7. The minimum Gasteiger partial charge on any atom is -0.268 e. The zero-order valence-electron chi connectivity index (χ0n) is 9.77. The standard InChI is InChI=1S/C14H16N2/c1-4-11(2)12-5-7-13(8-6-12)14-9-10-15-16(14)3/h5-10H,2,4H2,1,3H3. The Morgan fingerprint density at radius 1 is 1.25 bits per heavy atom. The van der Waals surface area contributed by atoms with E-state index in [0.717, 1.165) is 12.1 Å². The van der Waals surface area contributed by atoms with Crippen LogP contribution in [0.25, 0.3) is 16.8 Å². The van der Waals surface area contributed by atoms with Crippen LogP contribution in [0.5, 0.6) is 0 Å². The summed E-state index contributed by atoms with van der Waals surface area (Å²) in [7, 11) is 1.95. The lowest BCUT2D eigenvalue weighted by atomic mass is 10.0. The van der Waals surface area contributed by atoms with Gasteiger partial charge in [-0.1, -0.05) is 37.8 Å². The molecule has 1 heterocycles. The number of aromatic nitrogens is 2. The number of hydrogen-bond donors (Lipinski definition) is 0. The molecule has 2 aromatic rings. The molecule has 0 saturated carbocycles. The van der Waals surface area contributed by atoms with Crippen LogP contribution in [0, 0.1) is 0 Å². The molecule has 0 N–H and O–H groups in total. The quantitative estimate of drug-likeness (QED) is 0.761. The van der Waals surface area contributed by atoms with Crippen molar-refractivity contribution < 1.29 is 0 Å². The first-order valence-corrected chi connectivity index (χ1v) is 5.49. The molecular formula is C14H16N2. The molecule has 0 amide bonds. The first-order chi connectivity index (χ1) is 7.72. The van der Waals surface area contributed by atoms with E-state index < -0.39 is 0 Å². The van der Waals surface area contributed by atoms with Gasteiger partial charge in [-0.05, 0) is 29.2 Å². The van der Waals surface area contributed by atoms with Crippen molar-refractivity contribution in [3.8, 4) is 11.3 Å². The zero-order valence-corrected chi connectivity index (χ0v) is 9.77. The van der Waals surface area contributed by atoms with Crippen LogP contribution >= 0.6 is 0 Å². The van der Waals surface area contributed by atoms with E-state index in [0.29, 0.717) is 0 Å². The largest absolute Gasteiger partial charge is 0.268 e. The fourth-order valence-electron chi connectivity index (χ4n) is 1.74. The van der Waals surface area contributed by atoms with Gasteiger partial charge in [0, 0.05) is 13.2 Å². The minimum absolute atomic E-state index is 0.991. The van der Waals surface area contributed by atoms with E-state index in [2.05, 4.69) is 42.9 Å². The Bertz CT molecular complexity index is 492. The first-order valence-electron chi connectivity index (χ1n) is 5.49. The molecule has 2 nitrogen and oxygen atoms in total. The highest BCUT2D eigenvalue weighted by molar-refractivity contribution is 5.67. The van der Waals surface area contributed by atoms with E-state index in [9.17, 15) is 0 Å². The van der Waals surface area contributed by atoms with E-state index in [1.165, 1.54) is 16.7 Å². The number of aryl methyl sites for hydroxylation is 1. The van der Waals surface area contributed by atoms with E-state index in [4.69, 9.17) is 0 Å². The molecule has 16 heavy (non-hydrogen) atoms. The normalized spacial score (nSPS) is 10.4. The molecule has 2 rings (SSSR count). The highest BCUT2D eigenvalue weighted by Gasteiger charge is 2.02. The lowest BCUT2D eigenvalue weighted by Crippen LogP contribution is -1.93. The van der Waals surface area contributed by atoms with Crippen molar-refractivity contribution in [2.75, 3.05) is 0 Å². The third-order valence-electron chi connectivity index (χ3n) is 2.84. The van der Waals surface area contributed by atoms with Crippen LogP contribution in [-0.2, 0) is 7.05 Å². The lowest BCUT2D eigenvalue weighted by Gasteiger charge is -2.05. The van der Waals surface area contributed by atoms with Gasteiger partial charge in [0.05, 0.1) is 5.69 Å². The van der Waals surface area contributed by atoms with Crippen molar-refractivity contribution in [1.82, 2.24) is 9.78 Å². The van der Waals surface area contributed by atoms with Crippen LogP contribution in [0.15, 0.2) is 43.1 Å². The fraction of sp³-hybridized carbons (Fsp3) is 0.214. The highest BCUT2D eigenvalue weighted by atomic mass is 15.2. The molecule has 82 valence electrons. The molecule has 0 bridgehead atoms. The topological polar surface area (TPSA) is 17.8 Å². The van der Waals surface area contributed by atoms with Crippen LogP contribution in [0.1, 0.15) is 18.9 Å². The molecule has 1 aromatic carbocycles. The summed E-state index contributed by atoms with van der Waals surface area (Å²) < 4.78 is 1.88. The van der Waals surface area contributed by atoms with Gasteiger partial charge in [0.15, 0.2) is 0 Å². The second kappa shape index (κ2) is 4.35. The molecule has 0 atom stereocenters. The predicted molar refractivity (Wildman–Crippen MR) is 68.0 cm³/mol. The summed E-state index contributed by atoms with van der Waals surface area (Å²) in [5.41, 5.74) is 4.71. The maximum atomic E-state index is 4.17. The van der Waals surface area contributed by atoms with Crippen LogP contribution in [-0.4, -0.2) is 9.78 Å². The molecule has 0 aliphatic rings. The molecular weight excluding hydrogens is 196 g/mol. The van der Waals surface area contributed by atoms with Crippen molar-refractivity contribution in [3.63, 3.8) is 0 Å². The Balaban J connectivity index is 2.33. The Morgan fingerprint density at radius 3 is 2.44 bits per heavy atom. The zero-order chi connectivity index (χ0) is 11.5. The number of rotatable bonds is 3. The average Bonchev–Trinajstić information content (AvgIpc) is 2.75. The van der Waals surface area contributed by atoms with Crippen LogP contribution in [0.3, 0.4) is 0 Å². The Hall–Kier alpha value is -1.83. The van der Waals surface area contributed by atoms with Crippen LogP contribution in [0.2, 0.25) is 0 Å². The third kappa shape index (κ3) is 1.91.